The van der Waals surface area contributed by atoms with Gasteiger partial charge in [-0.2, -0.15) is 0 Å². The predicted octanol–water partition coefficient (Wildman–Crippen LogP) is 6.64. The van der Waals surface area contributed by atoms with Crippen molar-refractivity contribution in [1.29, 1.82) is 0 Å². The first kappa shape index (κ1) is 26.9. The number of methoxy groups -OCH3 is 1. The molecule has 0 aromatic heterocycles. The second-order valence-electron chi connectivity index (χ2n) is 8.67. The molecule has 2 rings (SSSR count). The zero-order valence-electron chi connectivity index (χ0n) is 20.7. The number of hydrogen-bond acceptors (Lipinski definition) is 4. The van der Waals surface area contributed by atoms with E-state index >= 15 is 0 Å². The molecule has 34 heavy (non-hydrogen) atoms. The topological polar surface area (TPSA) is 66.8 Å². The number of carboxylic acids is 1. The minimum absolute atomic E-state index is 0.0988. The summed E-state index contributed by atoms with van der Waals surface area (Å²) < 4.78 is 4.92. The largest absolute Gasteiger partial charge is 0.478 e. The summed E-state index contributed by atoms with van der Waals surface area (Å²) >= 11 is 0. The molecule has 0 spiro atoms. The van der Waals surface area contributed by atoms with Crippen LogP contribution in [0.5, 0.6) is 0 Å². The minimum atomic E-state index is -1.02. The molecule has 182 valence electrons. The van der Waals surface area contributed by atoms with Crippen molar-refractivity contribution in [3.8, 4) is 0 Å². The van der Waals surface area contributed by atoms with E-state index in [9.17, 15) is 14.7 Å². The van der Waals surface area contributed by atoms with Crippen molar-refractivity contribution in [2.45, 2.75) is 52.4 Å². The number of anilines is 1. The van der Waals surface area contributed by atoms with E-state index < -0.39 is 11.9 Å². The smallest absolute Gasteiger partial charge is 0.337 e. The summed E-state index contributed by atoms with van der Waals surface area (Å²) in [7, 11) is 1.35. The van der Waals surface area contributed by atoms with E-state index in [1.54, 1.807) is 35.4 Å². The van der Waals surface area contributed by atoms with Gasteiger partial charge in [0.1, 0.15) is 0 Å². The van der Waals surface area contributed by atoms with Crippen LogP contribution in [0.4, 0.5) is 5.69 Å². The average Bonchev–Trinajstić information content (AvgIpc) is 2.84. The first-order chi connectivity index (χ1) is 16.3. The number of ether oxygens (including phenoxy) is 1. The molecule has 1 fully saturated rings. The van der Waals surface area contributed by atoms with E-state index in [1.807, 2.05) is 32.1 Å². The number of allylic oxidation sites excluding steroid dienone is 6. The van der Waals surface area contributed by atoms with Crippen LogP contribution in [0.2, 0.25) is 0 Å². The van der Waals surface area contributed by atoms with E-state index in [-0.39, 0.29) is 12.1 Å². The summed E-state index contributed by atoms with van der Waals surface area (Å²) in [5, 5.41) is 9.95. The van der Waals surface area contributed by atoms with Crippen molar-refractivity contribution >= 4 is 17.6 Å². The summed E-state index contributed by atoms with van der Waals surface area (Å²) in [6.07, 6.45) is 15.7. The first-order valence-corrected chi connectivity index (χ1v) is 11.8. The van der Waals surface area contributed by atoms with Crippen molar-refractivity contribution in [3.63, 3.8) is 0 Å². The Bertz CT molecular complexity index is 993. The lowest BCUT2D eigenvalue weighted by Gasteiger charge is -2.27. The molecule has 0 unspecified atom stereocenters. The third-order valence-corrected chi connectivity index (χ3v) is 6.31. The Morgan fingerprint density at radius 3 is 2.47 bits per heavy atom. The Labute approximate surface area is 203 Å². The summed E-state index contributed by atoms with van der Waals surface area (Å²) in [6, 6.07) is 5.52. The molecular weight excluding hydrogens is 426 g/mol. The maximum Gasteiger partial charge on any atom is 0.337 e. The number of esters is 1. The number of rotatable bonds is 11. The Balaban J connectivity index is 2.50. The van der Waals surface area contributed by atoms with Gasteiger partial charge in [0.15, 0.2) is 0 Å². The average molecular weight is 464 g/mol. The molecule has 1 N–H and O–H groups in total. The lowest BCUT2D eigenvalue weighted by Crippen LogP contribution is -2.25. The van der Waals surface area contributed by atoms with E-state index in [0.29, 0.717) is 11.5 Å². The highest BCUT2D eigenvalue weighted by molar-refractivity contribution is 5.92. The third-order valence-electron chi connectivity index (χ3n) is 6.31. The fourth-order valence-corrected chi connectivity index (χ4v) is 4.43. The highest BCUT2D eigenvalue weighted by Crippen LogP contribution is 2.32. The van der Waals surface area contributed by atoms with Crippen molar-refractivity contribution in [2.75, 3.05) is 18.6 Å². The van der Waals surface area contributed by atoms with Crippen LogP contribution in [0.3, 0.4) is 0 Å². The fraction of sp³-hybridized carbons (Fsp3) is 0.379. The van der Waals surface area contributed by atoms with Crippen molar-refractivity contribution in [2.24, 2.45) is 5.92 Å². The molecule has 0 bridgehead atoms. The van der Waals surface area contributed by atoms with Crippen molar-refractivity contribution in [3.05, 3.63) is 89.7 Å². The highest BCUT2D eigenvalue weighted by Gasteiger charge is 2.21. The maximum atomic E-state index is 12.2. The van der Waals surface area contributed by atoms with Crippen LogP contribution in [0.1, 0.15) is 61.9 Å². The van der Waals surface area contributed by atoms with Gasteiger partial charge in [-0.3, -0.25) is 0 Å². The van der Waals surface area contributed by atoms with Gasteiger partial charge in [-0.1, -0.05) is 69.6 Å². The lowest BCUT2D eigenvalue weighted by molar-refractivity contribution is -0.132. The van der Waals surface area contributed by atoms with E-state index in [1.165, 1.54) is 39.2 Å². The second kappa shape index (κ2) is 13.4. The second-order valence-corrected chi connectivity index (χ2v) is 8.67. The Hall–Kier alpha value is -3.34. The lowest BCUT2D eigenvalue weighted by atomic mass is 9.84. The molecule has 1 aliphatic carbocycles. The number of carboxylic acid groups (broad SMARTS) is 1. The van der Waals surface area contributed by atoms with Gasteiger partial charge in [0.25, 0.3) is 0 Å². The molecular formula is C29H37NO4. The number of nitrogens with zero attached hydrogens (tertiary/aromatic N) is 1. The molecule has 1 saturated carbocycles. The van der Waals surface area contributed by atoms with Crippen LogP contribution < -0.4 is 4.90 Å². The van der Waals surface area contributed by atoms with E-state index in [2.05, 4.69) is 13.2 Å². The van der Waals surface area contributed by atoms with Crippen LogP contribution in [0, 0.1) is 5.92 Å². The van der Waals surface area contributed by atoms with Gasteiger partial charge in [-0.15, -0.1) is 0 Å². The summed E-state index contributed by atoms with van der Waals surface area (Å²) in [6.45, 7) is 11.7. The van der Waals surface area contributed by atoms with Gasteiger partial charge in [-0.05, 0) is 67.3 Å². The minimum Gasteiger partial charge on any atom is -0.478 e. The maximum absolute atomic E-state index is 12.2. The first-order valence-electron chi connectivity index (χ1n) is 11.8. The molecule has 1 aromatic carbocycles. The quantitative estimate of drug-likeness (QED) is 0.226. The Morgan fingerprint density at radius 2 is 1.91 bits per heavy atom. The molecule has 0 aliphatic heterocycles. The van der Waals surface area contributed by atoms with Gasteiger partial charge >= 0.3 is 11.9 Å². The zero-order chi connectivity index (χ0) is 25.1. The van der Waals surface area contributed by atoms with Gasteiger partial charge in [0, 0.05) is 5.69 Å². The molecule has 0 atom stereocenters. The highest BCUT2D eigenvalue weighted by atomic mass is 16.5. The third kappa shape index (κ3) is 7.34. The molecule has 0 amide bonds. The zero-order valence-corrected chi connectivity index (χ0v) is 20.7. The van der Waals surface area contributed by atoms with E-state index in [4.69, 9.17) is 4.74 Å². The number of aliphatic carboxylic acids is 1. The van der Waals surface area contributed by atoms with Gasteiger partial charge in [-0.25, -0.2) is 9.59 Å². The molecule has 5 nitrogen and oxygen atoms in total. The van der Waals surface area contributed by atoms with Gasteiger partial charge in [0.05, 0.1) is 24.8 Å². The van der Waals surface area contributed by atoms with Crippen molar-refractivity contribution in [1.82, 2.24) is 0 Å². The normalized spacial score (nSPS) is 15.6. The summed E-state index contributed by atoms with van der Waals surface area (Å²) in [5.74, 6) is -0.865. The van der Waals surface area contributed by atoms with Gasteiger partial charge < -0.3 is 14.7 Å². The molecule has 0 saturated heterocycles. The molecule has 1 aliphatic rings. The fourth-order valence-electron chi connectivity index (χ4n) is 4.43. The number of benzene rings is 1. The van der Waals surface area contributed by atoms with Gasteiger partial charge in [0.2, 0.25) is 0 Å². The van der Waals surface area contributed by atoms with Crippen molar-refractivity contribution < 1.29 is 19.4 Å². The SMILES string of the molecule is C=CC(/C=C(\CN(C=C)c1cc(C(=O)OC)ccc1CC1CCCCC1)C(=O)O)=C(C)\C=C/C. The number of hydrogen-bond donors (Lipinski definition) is 1. The molecule has 0 heterocycles. The Kier molecular flexibility index (Phi) is 10.6. The Morgan fingerprint density at radius 1 is 1.21 bits per heavy atom. The van der Waals surface area contributed by atoms with Crippen LogP contribution in [-0.2, 0) is 16.0 Å². The monoisotopic (exact) mass is 463 g/mol. The number of carbonyl (C=O) groups is 2. The van der Waals surface area contributed by atoms with Crippen LogP contribution in [-0.4, -0.2) is 30.7 Å². The summed E-state index contributed by atoms with van der Waals surface area (Å²) in [4.78, 5) is 26.2. The van der Waals surface area contributed by atoms with Crippen LogP contribution in [0.15, 0.2) is 78.6 Å². The standard InChI is InChI=1S/C29H37NO4/c1-6-12-21(4)23(7-2)18-26(28(31)32)20-30(8-3)27-19-25(29(33)34-5)16-15-24(27)17-22-13-10-9-11-14-22/h6-8,12,15-16,18-19,22H,2-3,9-11,13-14,17,20H2,1,4-5H3,(H,31,32)/b12-6-,23-21+,26-18+. The predicted molar refractivity (Wildman–Crippen MR) is 139 cm³/mol. The molecule has 0 radical (unpaired) electrons. The van der Waals surface area contributed by atoms with Crippen LogP contribution in [0.25, 0.3) is 0 Å². The summed E-state index contributed by atoms with van der Waals surface area (Å²) in [5.41, 5.74) is 4.15. The molecule has 5 heteroatoms. The molecule has 1 aromatic rings. The number of carbonyl (C=O) groups excluding carboxylic acids is 1. The van der Waals surface area contributed by atoms with Crippen LogP contribution >= 0.6 is 0 Å². The van der Waals surface area contributed by atoms with E-state index in [0.717, 1.165) is 28.8 Å².